The summed E-state index contributed by atoms with van der Waals surface area (Å²) in [7, 11) is -3.64. The molecular weight excluding hydrogens is 414 g/mol. The molecule has 5 nitrogen and oxygen atoms in total. The molecule has 0 saturated heterocycles. The van der Waals surface area contributed by atoms with E-state index in [1.807, 2.05) is 30.3 Å². The van der Waals surface area contributed by atoms with Crippen LogP contribution in [0.3, 0.4) is 0 Å². The van der Waals surface area contributed by atoms with Crippen molar-refractivity contribution in [1.29, 1.82) is 0 Å². The predicted molar refractivity (Wildman–Crippen MR) is 97.7 cm³/mol. The van der Waals surface area contributed by atoms with E-state index in [1.54, 1.807) is 12.1 Å². The zero-order chi connectivity index (χ0) is 17.6. The molecule has 1 atom stereocenters. The molecule has 8 heteroatoms. The molecule has 0 aliphatic carbocycles. The third-order valence-electron chi connectivity index (χ3n) is 3.12. The van der Waals surface area contributed by atoms with Gasteiger partial charge in [0.15, 0.2) is 0 Å². The zero-order valence-corrected chi connectivity index (χ0v) is 15.8. The highest BCUT2D eigenvalue weighted by molar-refractivity contribution is 9.10. The number of hydrogen-bond acceptors (Lipinski definition) is 4. The maximum Gasteiger partial charge on any atom is 0.317 e. The van der Waals surface area contributed by atoms with Crippen molar-refractivity contribution in [3.05, 3.63) is 59.1 Å². The van der Waals surface area contributed by atoms with Gasteiger partial charge in [-0.2, -0.15) is 0 Å². The van der Waals surface area contributed by atoms with Crippen molar-refractivity contribution in [2.24, 2.45) is 0 Å². The molecule has 0 saturated carbocycles. The molecule has 0 aromatic heterocycles. The number of halogens is 1. The fourth-order valence-corrected chi connectivity index (χ4v) is 4.21. The molecule has 0 spiro atoms. The van der Waals surface area contributed by atoms with Gasteiger partial charge in [0.1, 0.15) is 5.25 Å². The Morgan fingerprint density at radius 2 is 1.75 bits per heavy atom. The summed E-state index contributed by atoms with van der Waals surface area (Å²) in [5.74, 6) is -0.966. The fraction of sp³-hybridized carbons (Fsp3) is 0.188. The van der Waals surface area contributed by atoms with E-state index in [9.17, 15) is 18.3 Å². The summed E-state index contributed by atoms with van der Waals surface area (Å²) in [6.07, 6.45) is 0.185. The van der Waals surface area contributed by atoms with Gasteiger partial charge in [0, 0.05) is 15.9 Å². The minimum absolute atomic E-state index is 0.0508. The number of rotatable bonds is 8. The van der Waals surface area contributed by atoms with Crippen molar-refractivity contribution in [2.45, 2.75) is 21.5 Å². The van der Waals surface area contributed by atoms with Crippen LogP contribution in [-0.2, 0) is 14.8 Å². The lowest BCUT2D eigenvalue weighted by atomic mass is 10.3. The molecule has 24 heavy (non-hydrogen) atoms. The number of carbonyl (C=O) groups is 1. The van der Waals surface area contributed by atoms with Gasteiger partial charge in [0.2, 0.25) is 10.0 Å². The van der Waals surface area contributed by atoms with E-state index in [4.69, 9.17) is 0 Å². The van der Waals surface area contributed by atoms with Gasteiger partial charge in [-0.05, 0) is 42.8 Å². The number of carboxylic acids is 1. The van der Waals surface area contributed by atoms with Gasteiger partial charge < -0.3 is 5.11 Å². The van der Waals surface area contributed by atoms with Gasteiger partial charge in [-0.1, -0.05) is 34.1 Å². The molecule has 128 valence electrons. The van der Waals surface area contributed by atoms with Crippen molar-refractivity contribution in [2.75, 3.05) is 6.54 Å². The molecule has 0 heterocycles. The van der Waals surface area contributed by atoms with Gasteiger partial charge in [0.25, 0.3) is 0 Å². The van der Waals surface area contributed by atoms with Gasteiger partial charge in [-0.3, -0.25) is 4.79 Å². The highest BCUT2D eigenvalue weighted by atomic mass is 79.9. The number of benzene rings is 2. The van der Waals surface area contributed by atoms with Crippen molar-refractivity contribution in [3.63, 3.8) is 0 Å². The van der Waals surface area contributed by atoms with Gasteiger partial charge in [-0.25, -0.2) is 13.1 Å². The summed E-state index contributed by atoms with van der Waals surface area (Å²) in [5, 5.41) is 8.59. The van der Waals surface area contributed by atoms with E-state index >= 15 is 0 Å². The Hall–Kier alpha value is -1.35. The predicted octanol–water partition coefficient (Wildman–Crippen LogP) is 3.36. The second-order valence-electron chi connectivity index (χ2n) is 4.90. The third kappa shape index (κ3) is 5.62. The first-order chi connectivity index (χ1) is 11.4. The second-order valence-corrected chi connectivity index (χ2v) is 8.86. The molecule has 0 radical (unpaired) electrons. The highest BCUT2D eigenvalue weighted by Gasteiger charge is 2.20. The summed E-state index contributed by atoms with van der Waals surface area (Å²) >= 11 is 4.45. The SMILES string of the molecule is O=C(O)C(CCNS(=O)(=O)c1ccc(Br)cc1)Sc1ccccc1. The lowest BCUT2D eigenvalue weighted by molar-refractivity contribution is -0.136. The lowest BCUT2D eigenvalue weighted by Crippen LogP contribution is -2.29. The van der Waals surface area contributed by atoms with Crippen LogP contribution in [-0.4, -0.2) is 31.3 Å². The van der Waals surface area contributed by atoms with Crippen LogP contribution in [0, 0.1) is 0 Å². The number of hydrogen-bond donors (Lipinski definition) is 2. The zero-order valence-electron chi connectivity index (χ0n) is 12.6. The first-order valence-corrected chi connectivity index (χ1v) is 10.2. The normalized spacial score (nSPS) is 12.7. The van der Waals surface area contributed by atoms with Gasteiger partial charge >= 0.3 is 5.97 Å². The quantitative estimate of drug-likeness (QED) is 0.628. The average Bonchev–Trinajstić information content (AvgIpc) is 2.55. The summed E-state index contributed by atoms with van der Waals surface area (Å²) < 4.78 is 27.6. The van der Waals surface area contributed by atoms with E-state index in [-0.39, 0.29) is 17.9 Å². The van der Waals surface area contributed by atoms with Crippen LogP contribution < -0.4 is 4.72 Å². The molecule has 2 aromatic carbocycles. The summed E-state index contributed by atoms with van der Waals surface area (Å²) in [6.45, 7) is 0.0508. The van der Waals surface area contributed by atoms with E-state index in [0.29, 0.717) is 0 Å². The molecule has 0 aliphatic rings. The lowest BCUT2D eigenvalue weighted by Gasteiger charge is -2.13. The average molecular weight is 430 g/mol. The van der Waals surface area contributed by atoms with Crippen LogP contribution in [0.25, 0.3) is 0 Å². The third-order valence-corrected chi connectivity index (χ3v) is 6.39. The minimum Gasteiger partial charge on any atom is -0.480 e. The molecule has 2 aromatic rings. The van der Waals surface area contributed by atoms with Crippen molar-refractivity contribution in [3.8, 4) is 0 Å². The summed E-state index contributed by atoms with van der Waals surface area (Å²) in [5.41, 5.74) is 0. The Kier molecular flexibility index (Phi) is 6.85. The fourth-order valence-electron chi connectivity index (χ4n) is 1.92. The van der Waals surface area contributed by atoms with Gasteiger partial charge in [-0.15, -0.1) is 11.8 Å². The molecule has 0 fully saturated rings. The Balaban J connectivity index is 1.95. The van der Waals surface area contributed by atoms with Crippen molar-refractivity contribution >= 4 is 43.7 Å². The van der Waals surface area contributed by atoms with E-state index in [2.05, 4.69) is 20.7 Å². The number of nitrogens with one attached hydrogen (secondary N) is 1. The van der Waals surface area contributed by atoms with Crippen molar-refractivity contribution in [1.82, 2.24) is 4.72 Å². The molecule has 1 unspecified atom stereocenters. The Morgan fingerprint density at radius 1 is 1.12 bits per heavy atom. The first kappa shape index (κ1) is 19.0. The van der Waals surface area contributed by atoms with Gasteiger partial charge in [0.05, 0.1) is 4.90 Å². The number of sulfonamides is 1. The van der Waals surface area contributed by atoms with Crippen molar-refractivity contribution < 1.29 is 18.3 Å². The summed E-state index contributed by atoms with van der Waals surface area (Å²) in [4.78, 5) is 12.3. The van der Waals surface area contributed by atoms with E-state index in [0.717, 1.165) is 9.37 Å². The van der Waals surface area contributed by atoms with E-state index in [1.165, 1.54) is 23.9 Å². The monoisotopic (exact) mass is 429 g/mol. The van der Waals surface area contributed by atoms with Crippen LogP contribution in [0.1, 0.15) is 6.42 Å². The second kappa shape index (κ2) is 8.66. The first-order valence-electron chi connectivity index (χ1n) is 7.08. The van der Waals surface area contributed by atoms with Crippen LogP contribution in [0.2, 0.25) is 0 Å². The Labute approximate surface area is 153 Å². The Morgan fingerprint density at radius 3 is 2.33 bits per heavy atom. The molecule has 2 rings (SSSR count). The molecule has 2 N–H and O–H groups in total. The number of aliphatic carboxylic acids is 1. The Bertz CT molecular complexity index is 779. The molecule has 0 bridgehead atoms. The number of thioether (sulfide) groups is 1. The van der Waals surface area contributed by atoms with Crippen LogP contribution >= 0.6 is 27.7 Å². The highest BCUT2D eigenvalue weighted by Crippen LogP contribution is 2.25. The van der Waals surface area contributed by atoms with Crippen LogP contribution in [0.4, 0.5) is 0 Å². The largest absolute Gasteiger partial charge is 0.480 e. The smallest absolute Gasteiger partial charge is 0.317 e. The molecule has 0 aliphatic heterocycles. The maximum atomic E-state index is 12.2. The van der Waals surface area contributed by atoms with Crippen LogP contribution in [0.5, 0.6) is 0 Å². The molecular formula is C16H16BrNO4S2. The minimum atomic E-state index is -3.64. The molecule has 0 amide bonds. The standard InChI is InChI=1S/C16H16BrNO4S2/c17-12-6-8-14(9-7-12)24(21,22)18-11-10-15(16(19)20)23-13-4-2-1-3-5-13/h1-9,15,18H,10-11H2,(H,19,20). The topological polar surface area (TPSA) is 83.5 Å². The number of carboxylic acid groups (broad SMARTS) is 1. The van der Waals surface area contributed by atoms with Crippen LogP contribution in [0.15, 0.2) is 68.9 Å². The van der Waals surface area contributed by atoms with E-state index < -0.39 is 21.2 Å². The summed E-state index contributed by atoms with van der Waals surface area (Å²) in [6, 6.07) is 15.4. The maximum absolute atomic E-state index is 12.2.